The van der Waals surface area contributed by atoms with Crippen molar-refractivity contribution in [1.29, 1.82) is 0 Å². The molecule has 1 saturated heterocycles. The summed E-state index contributed by atoms with van der Waals surface area (Å²) in [5, 5.41) is 10.1. The van der Waals surface area contributed by atoms with Crippen molar-refractivity contribution in [3.8, 4) is 28.1 Å². The molecule has 3 aromatic heterocycles. The Morgan fingerprint density at radius 2 is 1.80 bits per heavy atom. The van der Waals surface area contributed by atoms with Crippen molar-refractivity contribution in [3.05, 3.63) is 73.1 Å². The molecule has 4 heterocycles. The third-order valence-electron chi connectivity index (χ3n) is 6.63. The van der Waals surface area contributed by atoms with Crippen LogP contribution in [0, 0.1) is 6.92 Å². The third-order valence-corrected chi connectivity index (χ3v) is 6.63. The summed E-state index contributed by atoms with van der Waals surface area (Å²) >= 11 is 0. The number of hydrogen-bond acceptors (Lipinski definition) is 6. The van der Waals surface area contributed by atoms with Gasteiger partial charge in [0, 0.05) is 36.0 Å². The summed E-state index contributed by atoms with van der Waals surface area (Å²) in [6.07, 6.45) is 7.76. The van der Waals surface area contributed by atoms with Crippen molar-refractivity contribution >= 4 is 22.3 Å². The molecule has 8 nitrogen and oxygen atoms in total. The molecule has 1 fully saturated rings. The lowest BCUT2D eigenvalue weighted by Gasteiger charge is -2.25. The van der Waals surface area contributed by atoms with Gasteiger partial charge in [0.15, 0.2) is 0 Å². The number of imidazole rings is 1. The molecule has 0 aliphatic carbocycles. The number of nitrogens with one attached hydrogen (secondary N) is 1. The van der Waals surface area contributed by atoms with Gasteiger partial charge in [-0.3, -0.25) is 4.68 Å². The molecule has 0 bridgehead atoms. The number of aromatic nitrogens is 5. The van der Waals surface area contributed by atoms with Crippen LogP contribution in [0.4, 0.5) is 11.5 Å². The second-order valence-electron chi connectivity index (χ2n) is 8.82. The second kappa shape index (κ2) is 8.56. The van der Waals surface area contributed by atoms with Crippen LogP contribution in [0.15, 0.2) is 67.3 Å². The Morgan fingerprint density at radius 3 is 2.54 bits per heavy atom. The Morgan fingerprint density at radius 1 is 0.943 bits per heavy atom. The molecule has 0 amide bonds. The molecule has 1 N–H and O–H groups in total. The van der Waals surface area contributed by atoms with E-state index < -0.39 is 0 Å². The number of anilines is 2. The summed E-state index contributed by atoms with van der Waals surface area (Å²) in [7, 11) is 3.69. The molecule has 1 aliphatic rings. The van der Waals surface area contributed by atoms with Gasteiger partial charge in [-0.15, -0.1) is 0 Å². The molecular formula is C27H26N6O2. The van der Waals surface area contributed by atoms with E-state index in [9.17, 15) is 0 Å². The topological polar surface area (TPSA) is 79.0 Å². The van der Waals surface area contributed by atoms with Crippen LogP contribution in [-0.4, -0.2) is 44.6 Å². The van der Waals surface area contributed by atoms with Crippen molar-refractivity contribution in [1.82, 2.24) is 24.3 Å². The number of fused-ring (bicyclic) bond motifs is 1. The molecule has 0 radical (unpaired) electrons. The molecule has 0 atom stereocenters. The van der Waals surface area contributed by atoms with Crippen molar-refractivity contribution in [3.63, 3.8) is 0 Å². The highest BCUT2D eigenvalue weighted by Crippen LogP contribution is 2.33. The second-order valence-corrected chi connectivity index (χ2v) is 8.82. The largest absolute Gasteiger partial charge is 0.495 e. The molecule has 6 rings (SSSR count). The summed E-state index contributed by atoms with van der Waals surface area (Å²) in [5.41, 5.74) is 5.14. The Hall–Kier alpha value is -4.17. The van der Waals surface area contributed by atoms with Crippen LogP contribution in [-0.2, 0) is 11.8 Å². The Labute approximate surface area is 203 Å². The lowest BCUT2D eigenvalue weighted by atomic mass is 10.0. The van der Waals surface area contributed by atoms with Gasteiger partial charge < -0.3 is 19.4 Å². The Balaban J connectivity index is 1.29. The minimum Gasteiger partial charge on any atom is -0.495 e. The standard InChI is InChI=1S/C27H26N6O2/c1-17-28-13-25(32(17)2)19-6-7-24(26(9-19)34-3)31-27-10-21-8-18(4-5-20(21)11-29-27)22-12-30-33(14-22)23-15-35-16-23/h4-14,23H,15-16H2,1-3H3,(H,29,31). The van der Waals surface area contributed by atoms with E-state index in [1.54, 1.807) is 7.11 Å². The van der Waals surface area contributed by atoms with E-state index in [0.29, 0.717) is 6.04 Å². The summed E-state index contributed by atoms with van der Waals surface area (Å²) in [5.74, 6) is 2.45. The van der Waals surface area contributed by atoms with Crippen molar-refractivity contribution in [2.45, 2.75) is 13.0 Å². The number of hydrogen-bond donors (Lipinski definition) is 1. The molecule has 1 aliphatic heterocycles. The molecule has 5 aromatic rings. The lowest BCUT2D eigenvalue weighted by molar-refractivity contribution is -0.0286. The minimum absolute atomic E-state index is 0.340. The summed E-state index contributed by atoms with van der Waals surface area (Å²) in [6, 6.07) is 14.9. The number of ether oxygens (including phenoxy) is 2. The van der Waals surface area contributed by atoms with Gasteiger partial charge >= 0.3 is 0 Å². The average Bonchev–Trinajstić information content (AvgIpc) is 3.45. The van der Waals surface area contributed by atoms with Gasteiger partial charge in [-0.05, 0) is 42.1 Å². The zero-order valence-electron chi connectivity index (χ0n) is 19.9. The van der Waals surface area contributed by atoms with E-state index in [4.69, 9.17) is 9.47 Å². The number of aryl methyl sites for hydroxylation is 1. The smallest absolute Gasteiger partial charge is 0.143 e. The first-order chi connectivity index (χ1) is 17.1. The van der Waals surface area contributed by atoms with E-state index in [-0.39, 0.29) is 0 Å². The zero-order valence-corrected chi connectivity index (χ0v) is 19.9. The van der Waals surface area contributed by atoms with Crippen LogP contribution >= 0.6 is 0 Å². The molecule has 0 spiro atoms. The zero-order chi connectivity index (χ0) is 23.9. The average molecular weight is 467 g/mol. The van der Waals surface area contributed by atoms with Crippen LogP contribution < -0.4 is 10.1 Å². The van der Waals surface area contributed by atoms with E-state index in [0.717, 1.165) is 69.4 Å². The van der Waals surface area contributed by atoms with Gasteiger partial charge in [0.2, 0.25) is 0 Å². The van der Waals surface area contributed by atoms with E-state index >= 15 is 0 Å². The predicted molar refractivity (Wildman–Crippen MR) is 136 cm³/mol. The van der Waals surface area contributed by atoms with E-state index in [1.165, 1.54) is 0 Å². The highest BCUT2D eigenvalue weighted by Gasteiger charge is 2.21. The number of benzene rings is 2. The van der Waals surface area contributed by atoms with Gasteiger partial charge in [-0.2, -0.15) is 5.10 Å². The lowest BCUT2D eigenvalue weighted by Crippen LogP contribution is -2.30. The van der Waals surface area contributed by atoms with E-state index in [2.05, 4.69) is 61.5 Å². The normalized spacial score (nSPS) is 13.7. The van der Waals surface area contributed by atoms with Gasteiger partial charge in [0.1, 0.15) is 17.4 Å². The maximum atomic E-state index is 5.69. The van der Waals surface area contributed by atoms with Crippen LogP contribution in [0.1, 0.15) is 11.9 Å². The quantitative estimate of drug-likeness (QED) is 0.374. The highest BCUT2D eigenvalue weighted by atomic mass is 16.5. The van der Waals surface area contributed by atoms with Gasteiger partial charge in [0.25, 0.3) is 0 Å². The summed E-state index contributed by atoms with van der Waals surface area (Å²) < 4.78 is 15.0. The Kier molecular flexibility index (Phi) is 5.22. The molecular weight excluding hydrogens is 440 g/mol. The van der Waals surface area contributed by atoms with Crippen LogP contribution in [0.3, 0.4) is 0 Å². The summed E-state index contributed by atoms with van der Waals surface area (Å²) in [4.78, 5) is 9.01. The molecule has 0 saturated carbocycles. The van der Waals surface area contributed by atoms with Crippen molar-refractivity contribution in [2.24, 2.45) is 7.05 Å². The Bertz CT molecular complexity index is 1530. The van der Waals surface area contributed by atoms with Crippen molar-refractivity contribution < 1.29 is 9.47 Å². The fraction of sp³-hybridized carbons (Fsp3) is 0.222. The number of nitrogens with zero attached hydrogens (tertiary/aromatic N) is 5. The maximum absolute atomic E-state index is 5.69. The molecule has 2 aromatic carbocycles. The van der Waals surface area contributed by atoms with Crippen LogP contribution in [0.5, 0.6) is 5.75 Å². The predicted octanol–water partition coefficient (Wildman–Crippen LogP) is 5.13. The third kappa shape index (κ3) is 3.91. The number of rotatable bonds is 6. The summed E-state index contributed by atoms with van der Waals surface area (Å²) in [6.45, 7) is 3.44. The monoisotopic (exact) mass is 466 g/mol. The highest BCUT2D eigenvalue weighted by molar-refractivity contribution is 5.89. The maximum Gasteiger partial charge on any atom is 0.143 e. The number of pyridine rings is 1. The molecule has 0 unspecified atom stereocenters. The van der Waals surface area contributed by atoms with Crippen molar-refractivity contribution in [2.75, 3.05) is 25.6 Å². The molecule has 8 heteroatoms. The van der Waals surface area contributed by atoms with Crippen LogP contribution in [0.2, 0.25) is 0 Å². The minimum atomic E-state index is 0.340. The van der Waals surface area contributed by atoms with E-state index in [1.807, 2.05) is 49.4 Å². The fourth-order valence-electron chi connectivity index (χ4n) is 4.31. The van der Waals surface area contributed by atoms with Gasteiger partial charge in [-0.25, -0.2) is 9.97 Å². The van der Waals surface area contributed by atoms with Gasteiger partial charge in [-0.1, -0.05) is 18.2 Å². The first-order valence-corrected chi connectivity index (χ1v) is 11.5. The molecule has 35 heavy (non-hydrogen) atoms. The fourth-order valence-corrected chi connectivity index (χ4v) is 4.31. The SMILES string of the molecule is COc1cc(-c2cnc(C)n2C)ccc1Nc1cc2cc(-c3cnn(C4COC4)c3)ccc2cn1. The first-order valence-electron chi connectivity index (χ1n) is 11.5. The van der Waals surface area contributed by atoms with Gasteiger partial charge in [0.05, 0.1) is 50.1 Å². The molecule has 176 valence electrons. The van der Waals surface area contributed by atoms with Crippen LogP contribution in [0.25, 0.3) is 33.2 Å². The number of methoxy groups -OCH3 is 1. The first kappa shape index (κ1) is 21.4.